The van der Waals surface area contributed by atoms with Crippen LogP contribution in [-0.2, 0) is 14.8 Å². The lowest BCUT2D eigenvalue weighted by molar-refractivity contribution is -0.138. The molecule has 1 N–H and O–H groups in total. The molecule has 8 heteroatoms. The van der Waals surface area contributed by atoms with E-state index in [-0.39, 0.29) is 17.4 Å². The van der Waals surface area contributed by atoms with Gasteiger partial charge in [0.2, 0.25) is 10.0 Å². The Labute approximate surface area is 135 Å². The first kappa shape index (κ1) is 17.3. The number of hydrogen-bond donors (Lipinski definition) is 1. The molecule has 0 aliphatic carbocycles. The highest BCUT2D eigenvalue weighted by Crippen LogP contribution is 2.25. The summed E-state index contributed by atoms with van der Waals surface area (Å²) in [6, 6.07) is 6.03. The van der Waals surface area contributed by atoms with Crippen molar-refractivity contribution in [1.82, 2.24) is 4.90 Å². The molecule has 0 atom stereocenters. The number of carbonyl (C=O) groups excluding carboxylic acids is 1. The summed E-state index contributed by atoms with van der Waals surface area (Å²) < 4.78 is 25.3. The monoisotopic (exact) mass is 340 g/mol. The number of carboxylic acid groups (broad SMARTS) is 1. The van der Waals surface area contributed by atoms with Crippen LogP contribution in [0, 0.1) is 0 Å². The molecule has 1 saturated heterocycles. The molecule has 1 aromatic rings. The number of carboxylic acids is 1. The predicted octanol–water partition coefficient (Wildman–Crippen LogP) is 1.16. The second-order valence-electron chi connectivity index (χ2n) is 5.71. The second-order valence-corrected chi connectivity index (χ2v) is 7.73. The molecule has 1 aromatic carbocycles. The molecule has 1 fully saturated rings. The molecule has 0 unspecified atom stereocenters. The van der Waals surface area contributed by atoms with Crippen molar-refractivity contribution in [2.75, 3.05) is 23.1 Å². The maximum absolute atomic E-state index is 12.5. The molecule has 1 aliphatic rings. The van der Waals surface area contributed by atoms with Gasteiger partial charge in [-0.3, -0.25) is 13.9 Å². The minimum Gasteiger partial charge on any atom is -0.480 e. The van der Waals surface area contributed by atoms with E-state index in [1.165, 1.54) is 15.3 Å². The van der Waals surface area contributed by atoms with Gasteiger partial charge in [0.05, 0.1) is 11.4 Å². The fourth-order valence-electron chi connectivity index (χ4n) is 2.52. The average molecular weight is 340 g/mol. The molecule has 1 heterocycles. The Morgan fingerprint density at radius 1 is 1.35 bits per heavy atom. The fraction of sp³-hybridized carbons (Fsp3) is 0.467. The first-order valence-corrected chi connectivity index (χ1v) is 8.96. The number of anilines is 1. The van der Waals surface area contributed by atoms with Gasteiger partial charge in [-0.1, -0.05) is 6.07 Å². The van der Waals surface area contributed by atoms with E-state index in [4.69, 9.17) is 5.11 Å². The smallest absolute Gasteiger partial charge is 0.323 e. The molecule has 1 amide bonds. The van der Waals surface area contributed by atoms with Gasteiger partial charge in [-0.05, 0) is 38.5 Å². The largest absolute Gasteiger partial charge is 0.480 e. The van der Waals surface area contributed by atoms with Crippen molar-refractivity contribution in [2.24, 2.45) is 0 Å². The molecule has 0 radical (unpaired) electrons. The van der Waals surface area contributed by atoms with Crippen LogP contribution < -0.4 is 4.31 Å². The van der Waals surface area contributed by atoms with Crippen LogP contribution in [0.3, 0.4) is 0 Å². The summed E-state index contributed by atoms with van der Waals surface area (Å²) in [5.74, 6) is -1.42. The number of sulfonamides is 1. The van der Waals surface area contributed by atoms with E-state index in [2.05, 4.69) is 0 Å². The summed E-state index contributed by atoms with van der Waals surface area (Å²) in [6.07, 6.45) is 0.553. The molecule has 2 rings (SSSR count). The quantitative estimate of drug-likeness (QED) is 0.868. The van der Waals surface area contributed by atoms with Crippen LogP contribution in [-0.4, -0.2) is 55.2 Å². The second kappa shape index (κ2) is 6.57. The van der Waals surface area contributed by atoms with Gasteiger partial charge in [0.1, 0.15) is 6.54 Å². The summed E-state index contributed by atoms with van der Waals surface area (Å²) in [4.78, 5) is 24.7. The Bertz CT molecular complexity index is 714. The molecule has 1 aliphatic heterocycles. The van der Waals surface area contributed by atoms with E-state index < -0.39 is 28.4 Å². The van der Waals surface area contributed by atoms with Crippen molar-refractivity contribution in [2.45, 2.75) is 26.3 Å². The van der Waals surface area contributed by atoms with Crippen molar-refractivity contribution >= 4 is 27.6 Å². The molecular weight excluding hydrogens is 320 g/mol. The van der Waals surface area contributed by atoms with Crippen LogP contribution in [0.5, 0.6) is 0 Å². The highest BCUT2D eigenvalue weighted by atomic mass is 32.2. The zero-order valence-corrected chi connectivity index (χ0v) is 13.9. The van der Waals surface area contributed by atoms with Crippen molar-refractivity contribution < 1.29 is 23.1 Å². The minimum absolute atomic E-state index is 0.0995. The lowest BCUT2D eigenvalue weighted by Crippen LogP contribution is -2.40. The zero-order chi connectivity index (χ0) is 17.2. The van der Waals surface area contributed by atoms with E-state index in [1.54, 1.807) is 32.0 Å². The zero-order valence-electron chi connectivity index (χ0n) is 13.1. The van der Waals surface area contributed by atoms with Crippen molar-refractivity contribution in [3.8, 4) is 0 Å². The van der Waals surface area contributed by atoms with Gasteiger partial charge in [0, 0.05) is 18.2 Å². The lowest BCUT2D eigenvalue weighted by atomic mass is 10.1. The number of amides is 1. The average Bonchev–Trinajstić information content (AvgIpc) is 2.83. The number of hydrogen-bond acceptors (Lipinski definition) is 4. The Morgan fingerprint density at radius 2 is 2.04 bits per heavy atom. The van der Waals surface area contributed by atoms with Gasteiger partial charge < -0.3 is 10.0 Å². The van der Waals surface area contributed by atoms with E-state index in [0.717, 1.165) is 0 Å². The normalized spacial score (nSPS) is 16.6. The van der Waals surface area contributed by atoms with Crippen LogP contribution in [0.2, 0.25) is 0 Å². The summed E-state index contributed by atoms with van der Waals surface area (Å²) >= 11 is 0. The van der Waals surface area contributed by atoms with E-state index in [0.29, 0.717) is 18.7 Å². The number of rotatable bonds is 5. The van der Waals surface area contributed by atoms with Crippen LogP contribution in [0.1, 0.15) is 30.6 Å². The Balaban J connectivity index is 2.31. The van der Waals surface area contributed by atoms with Crippen LogP contribution in [0.15, 0.2) is 24.3 Å². The SMILES string of the molecule is CC(C)N(CC(=O)O)C(=O)c1cccc(N2CCCS2(=O)=O)c1. The third kappa shape index (κ3) is 3.82. The standard InChI is InChI=1S/C15H20N2O5S/c1-11(2)16(10-14(18)19)15(20)12-5-3-6-13(9-12)17-7-4-8-23(17,21)22/h3,5-6,9,11H,4,7-8,10H2,1-2H3,(H,18,19). The molecule has 23 heavy (non-hydrogen) atoms. The third-order valence-electron chi connectivity index (χ3n) is 3.67. The fourth-order valence-corrected chi connectivity index (χ4v) is 4.08. The number of aliphatic carboxylic acids is 1. The highest BCUT2D eigenvalue weighted by molar-refractivity contribution is 7.93. The lowest BCUT2D eigenvalue weighted by Gasteiger charge is -2.25. The molecule has 0 spiro atoms. The van der Waals surface area contributed by atoms with Crippen molar-refractivity contribution in [3.63, 3.8) is 0 Å². The van der Waals surface area contributed by atoms with Crippen molar-refractivity contribution in [1.29, 1.82) is 0 Å². The Morgan fingerprint density at radius 3 is 2.57 bits per heavy atom. The number of carbonyl (C=O) groups is 2. The number of benzene rings is 1. The van der Waals surface area contributed by atoms with Crippen LogP contribution in [0.4, 0.5) is 5.69 Å². The van der Waals surface area contributed by atoms with Gasteiger partial charge in [-0.25, -0.2) is 8.42 Å². The molecule has 126 valence electrons. The minimum atomic E-state index is -3.32. The summed E-state index contributed by atoms with van der Waals surface area (Å²) in [5, 5.41) is 8.94. The molecule has 7 nitrogen and oxygen atoms in total. The highest BCUT2D eigenvalue weighted by Gasteiger charge is 2.29. The van der Waals surface area contributed by atoms with Gasteiger partial charge in [0.15, 0.2) is 0 Å². The maximum atomic E-state index is 12.5. The third-order valence-corrected chi connectivity index (χ3v) is 5.54. The Hall–Kier alpha value is -2.09. The maximum Gasteiger partial charge on any atom is 0.323 e. The predicted molar refractivity (Wildman–Crippen MR) is 86.0 cm³/mol. The van der Waals surface area contributed by atoms with Gasteiger partial charge in [0.25, 0.3) is 5.91 Å². The molecule has 0 saturated carbocycles. The first-order valence-electron chi connectivity index (χ1n) is 7.35. The van der Waals surface area contributed by atoms with E-state index in [1.807, 2.05) is 0 Å². The summed E-state index contributed by atoms with van der Waals surface area (Å²) in [5.41, 5.74) is 0.715. The van der Waals surface area contributed by atoms with Crippen LogP contribution >= 0.6 is 0 Å². The van der Waals surface area contributed by atoms with Gasteiger partial charge in [-0.2, -0.15) is 0 Å². The molecular formula is C15H20N2O5S. The van der Waals surface area contributed by atoms with Crippen LogP contribution in [0.25, 0.3) is 0 Å². The molecule has 0 aromatic heterocycles. The molecule has 0 bridgehead atoms. The van der Waals surface area contributed by atoms with E-state index in [9.17, 15) is 18.0 Å². The summed E-state index contributed by atoms with van der Waals surface area (Å²) in [6.45, 7) is 3.46. The Kier molecular flexibility index (Phi) is 4.93. The summed E-state index contributed by atoms with van der Waals surface area (Å²) in [7, 11) is -3.32. The van der Waals surface area contributed by atoms with Crippen molar-refractivity contribution in [3.05, 3.63) is 29.8 Å². The number of nitrogens with zero attached hydrogens (tertiary/aromatic N) is 2. The van der Waals surface area contributed by atoms with Gasteiger partial charge in [-0.15, -0.1) is 0 Å². The first-order chi connectivity index (χ1) is 10.7. The van der Waals surface area contributed by atoms with Gasteiger partial charge >= 0.3 is 5.97 Å². The van der Waals surface area contributed by atoms with E-state index >= 15 is 0 Å². The topological polar surface area (TPSA) is 95.0 Å².